The monoisotopic (exact) mass is 267 g/mol. The Morgan fingerprint density at radius 2 is 2.00 bits per heavy atom. The van der Waals surface area contributed by atoms with Crippen LogP contribution in [0.15, 0.2) is 0 Å². The van der Waals surface area contributed by atoms with E-state index in [9.17, 15) is 4.79 Å². The fourth-order valence-corrected chi connectivity index (χ4v) is 2.54. The third-order valence-corrected chi connectivity index (χ3v) is 3.65. The van der Waals surface area contributed by atoms with Crippen LogP contribution < -0.4 is 0 Å². The van der Waals surface area contributed by atoms with Gasteiger partial charge in [0.1, 0.15) is 0 Å². The van der Waals surface area contributed by atoms with Crippen LogP contribution in [0.25, 0.3) is 4.96 Å². The fraction of sp³-hybridized carbons (Fsp3) is 0.636. The molecule has 2 heterocycles. The Balaban J connectivity index is 2.38. The van der Waals surface area contributed by atoms with Gasteiger partial charge in [0.05, 0.1) is 0 Å². The Hall–Kier alpha value is -1.50. The van der Waals surface area contributed by atoms with Gasteiger partial charge >= 0.3 is 0 Å². The molecule has 2 aromatic heterocycles. The van der Waals surface area contributed by atoms with E-state index in [1.165, 1.54) is 11.3 Å². The number of carbonyl (C=O) groups excluding carboxylic acids is 1. The van der Waals surface area contributed by atoms with E-state index in [4.69, 9.17) is 0 Å². The van der Waals surface area contributed by atoms with Gasteiger partial charge in [-0.15, -0.1) is 15.3 Å². The van der Waals surface area contributed by atoms with Crippen LogP contribution in [0.1, 0.15) is 49.2 Å². The molecule has 98 valence electrons. The smallest absolute Gasteiger partial charge is 0.284 e. The van der Waals surface area contributed by atoms with Gasteiger partial charge in [-0.3, -0.25) is 4.79 Å². The van der Waals surface area contributed by atoms with Crippen LogP contribution >= 0.6 is 11.3 Å². The van der Waals surface area contributed by atoms with Crippen molar-refractivity contribution in [1.82, 2.24) is 24.7 Å². The summed E-state index contributed by atoms with van der Waals surface area (Å²) in [4.78, 5) is 14.6. The van der Waals surface area contributed by atoms with Crippen molar-refractivity contribution >= 4 is 22.2 Å². The zero-order valence-electron chi connectivity index (χ0n) is 11.0. The lowest BCUT2D eigenvalue weighted by atomic mass is 10.2. The van der Waals surface area contributed by atoms with Gasteiger partial charge in [0.2, 0.25) is 9.97 Å². The molecule has 0 atom stereocenters. The molecule has 0 bridgehead atoms. The number of rotatable bonds is 4. The largest absolute Gasteiger partial charge is 0.337 e. The van der Waals surface area contributed by atoms with Crippen LogP contribution in [0.5, 0.6) is 0 Å². The summed E-state index contributed by atoms with van der Waals surface area (Å²) < 4.78 is 1.67. The molecule has 0 aliphatic carbocycles. The number of amides is 1. The second kappa shape index (κ2) is 5.01. The van der Waals surface area contributed by atoms with Crippen molar-refractivity contribution in [3.63, 3.8) is 0 Å². The van der Waals surface area contributed by atoms with Crippen LogP contribution in [0.4, 0.5) is 0 Å². The molecule has 2 rings (SSSR count). The van der Waals surface area contributed by atoms with Crippen LogP contribution in [0.3, 0.4) is 0 Å². The van der Waals surface area contributed by atoms with Gasteiger partial charge in [0.25, 0.3) is 5.91 Å². The van der Waals surface area contributed by atoms with E-state index in [-0.39, 0.29) is 11.8 Å². The van der Waals surface area contributed by atoms with Gasteiger partial charge in [-0.2, -0.15) is 4.52 Å². The highest BCUT2D eigenvalue weighted by Gasteiger charge is 2.21. The fourth-order valence-electron chi connectivity index (χ4n) is 1.72. The predicted octanol–water partition coefficient (Wildman–Crippen LogP) is 1.79. The molecule has 0 aliphatic heterocycles. The Labute approximate surface area is 110 Å². The highest BCUT2D eigenvalue weighted by Crippen LogP contribution is 2.19. The minimum Gasteiger partial charge on any atom is -0.337 e. The van der Waals surface area contributed by atoms with Crippen molar-refractivity contribution in [3.05, 3.63) is 10.8 Å². The minimum absolute atomic E-state index is 0.0368. The highest BCUT2D eigenvalue weighted by atomic mass is 32.1. The predicted molar refractivity (Wildman–Crippen MR) is 70.0 cm³/mol. The van der Waals surface area contributed by atoms with Crippen LogP contribution in [-0.2, 0) is 0 Å². The molecule has 0 radical (unpaired) electrons. The molecule has 0 N–H and O–H groups in total. The van der Waals surface area contributed by atoms with Crippen LogP contribution in [0.2, 0.25) is 0 Å². The standard InChI is InChI=1S/C11H17N5OS/c1-5-15(6-2)10(17)9-14-16-8(7(3)4)12-13-11(16)18-9/h7H,5-6H2,1-4H3. The summed E-state index contributed by atoms with van der Waals surface area (Å²) >= 11 is 1.29. The van der Waals surface area contributed by atoms with Gasteiger partial charge in [-0.1, -0.05) is 25.2 Å². The Morgan fingerprint density at radius 1 is 1.33 bits per heavy atom. The molecule has 18 heavy (non-hydrogen) atoms. The maximum atomic E-state index is 12.2. The average molecular weight is 267 g/mol. The molecule has 0 aliphatic rings. The van der Waals surface area contributed by atoms with Gasteiger partial charge < -0.3 is 4.90 Å². The maximum Gasteiger partial charge on any atom is 0.284 e. The number of hydrogen-bond acceptors (Lipinski definition) is 5. The molecule has 7 heteroatoms. The zero-order valence-corrected chi connectivity index (χ0v) is 11.9. The molecule has 0 fully saturated rings. The second-order valence-corrected chi connectivity index (χ2v) is 5.25. The lowest BCUT2D eigenvalue weighted by Crippen LogP contribution is -2.30. The number of nitrogens with zero attached hydrogens (tertiary/aromatic N) is 5. The summed E-state index contributed by atoms with van der Waals surface area (Å²) in [5.41, 5.74) is 0. The summed E-state index contributed by atoms with van der Waals surface area (Å²) in [5, 5.41) is 12.9. The molecular formula is C11H17N5OS. The first kappa shape index (κ1) is 12.9. The normalized spacial score (nSPS) is 11.4. The topological polar surface area (TPSA) is 63.4 Å². The number of carbonyl (C=O) groups is 1. The Bertz CT molecular complexity index is 555. The van der Waals surface area contributed by atoms with E-state index in [0.29, 0.717) is 23.1 Å². The first-order valence-electron chi connectivity index (χ1n) is 6.09. The minimum atomic E-state index is -0.0368. The van der Waals surface area contributed by atoms with Crippen LogP contribution in [-0.4, -0.2) is 43.7 Å². The zero-order chi connectivity index (χ0) is 13.3. The van der Waals surface area contributed by atoms with Crippen molar-refractivity contribution in [3.8, 4) is 0 Å². The lowest BCUT2D eigenvalue weighted by Gasteiger charge is -2.16. The molecule has 0 spiro atoms. The quantitative estimate of drug-likeness (QED) is 0.847. The van der Waals surface area contributed by atoms with Gasteiger partial charge in [0, 0.05) is 19.0 Å². The van der Waals surface area contributed by atoms with E-state index in [0.717, 1.165) is 5.82 Å². The van der Waals surface area contributed by atoms with Crippen molar-refractivity contribution in [2.24, 2.45) is 0 Å². The average Bonchev–Trinajstić information content (AvgIpc) is 2.88. The maximum absolute atomic E-state index is 12.2. The molecule has 6 nitrogen and oxygen atoms in total. The number of fused-ring (bicyclic) bond motifs is 1. The van der Waals surface area contributed by atoms with Crippen molar-refractivity contribution in [2.45, 2.75) is 33.6 Å². The van der Waals surface area contributed by atoms with Crippen molar-refractivity contribution in [1.29, 1.82) is 0 Å². The first-order valence-corrected chi connectivity index (χ1v) is 6.91. The SMILES string of the molecule is CCN(CC)C(=O)c1nn2c(C(C)C)nnc2s1. The third-order valence-electron chi connectivity index (χ3n) is 2.76. The summed E-state index contributed by atoms with van der Waals surface area (Å²) in [6.45, 7) is 9.35. The summed E-state index contributed by atoms with van der Waals surface area (Å²) in [6.07, 6.45) is 0. The third kappa shape index (κ3) is 2.10. The summed E-state index contributed by atoms with van der Waals surface area (Å²) in [5.74, 6) is 0.989. The van der Waals surface area contributed by atoms with Gasteiger partial charge in [-0.25, -0.2) is 0 Å². The number of hydrogen-bond donors (Lipinski definition) is 0. The highest BCUT2D eigenvalue weighted by molar-refractivity contribution is 7.18. The molecule has 2 aromatic rings. The second-order valence-electron chi connectivity index (χ2n) is 4.29. The molecule has 0 saturated heterocycles. The van der Waals surface area contributed by atoms with Gasteiger partial charge in [0.15, 0.2) is 5.82 Å². The van der Waals surface area contributed by atoms with E-state index >= 15 is 0 Å². The summed E-state index contributed by atoms with van der Waals surface area (Å²) in [7, 11) is 0. The molecular weight excluding hydrogens is 250 g/mol. The molecule has 0 aromatic carbocycles. The first-order chi connectivity index (χ1) is 8.58. The lowest BCUT2D eigenvalue weighted by molar-refractivity contribution is 0.0771. The Kier molecular flexibility index (Phi) is 3.60. The van der Waals surface area contributed by atoms with Gasteiger partial charge in [-0.05, 0) is 13.8 Å². The van der Waals surface area contributed by atoms with Crippen molar-refractivity contribution < 1.29 is 4.79 Å². The molecule has 0 saturated carbocycles. The Morgan fingerprint density at radius 3 is 2.56 bits per heavy atom. The van der Waals surface area contributed by atoms with Crippen LogP contribution in [0, 0.1) is 0 Å². The summed E-state index contributed by atoms with van der Waals surface area (Å²) in [6, 6.07) is 0. The van der Waals surface area contributed by atoms with E-state index < -0.39 is 0 Å². The van der Waals surface area contributed by atoms with E-state index in [2.05, 4.69) is 15.3 Å². The number of aromatic nitrogens is 4. The van der Waals surface area contributed by atoms with Crippen molar-refractivity contribution in [2.75, 3.05) is 13.1 Å². The van der Waals surface area contributed by atoms with E-state index in [1.807, 2.05) is 27.7 Å². The molecule has 0 unspecified atom stereocenters. The van der Waals surface area contributed by atoms with E-state index in [1.54, 1.807) is 9.42 Å². The molecule has 1 amide bonds.